The molecule has 24 heavy (non-hydrogen) atoms. The molecule has 1 aromatic heterocycles. The number of fused-ring (bicyclic) bond motifs is 1. The van der Waals surface area contributed by atoms with Crippen LogP contribution in [0.5, 0.6) is 0 Å². The maximum Gasteiger partial charge on any atom is 0.245 e. The summed E-state index contributed by atoms with van der Waals surface area (Å²) in [6, 6.07) is 8.25. The van der Waals surface area contributed by atoms with E-state index >= 15 is 0 Å². The van der Waals surface area contributed by atoms with Gasteiger partial charge in [0, 0.05) is 49.3 Å². The molecule has 2 fully saturated rings. The van der Waals surface area contributed by atoms with Crippen LogP contribution in [0.1, 0.15) is 32.1 Å². The topological polar surface area (TPSA) is 56.4 Å². The van der Waals surface area contributed by atoms with Crippen LogP contribution < -0.4 is 0 Å². The highest BCUT2D eigenvalue weighted by Gasteiger charge is 2.32. The monoisotopic (exact) mass is 347 g/mol. The quantitative estimate of drug-likeness (QED) is 0.929. The van der Waals surface area contributed by atoms with E-state index in [-0.39, 0.29) is 0 Å². The van der Waals surface area contributed by atoms with E-state index in [0.717, 1.165) is 24.0 Å². The van der Waals surface area contributed by atoms with Crippen molar-refractivity contribution in [1.29, 1.82) is 0 Å². The summed E-state index contributed by atoms with van der Waals surface area (Å²) in [5, 5.41) is 0.784. The van der Waals surface area contributed by atoms with Crippen LogP contribution in [0.25, 0.3) is 10.9 Å². The minimum atomic E-state index is -3.42. The first kappa shape index (κ1) is 16.1. The largest absolute Gasteiger partial charge is 0.360 e. The average molecular weight is 347 g/mol. The number of sulfonamides is 1. The zero-order chi connectivity index (χ0) is 16.6. The normalized spacial score (nSPS) is 22.2. The maximum absolute atomic E-state index is 13.0. The Bertz CT molecular complexity index is 801. The third-order valence-corrected chi connectivity index (χ3v) is 7.47. The standard InChI is InChI=1S/C18H25N3O2S/c22-24(23,18-14-19-17-9-5-4-8-16(17)18)21-12-10-20(11-13-21)15-6-2-1-3-7-15/h4-5,8-9,14-15,19H,1-3,6-7,10-13H2. The van der Waals surface area contributed by atoms with Crippen LogP contribution >= 0.6 is 0 Å². The number of hydrogen-bond acceptors (Lipinski definition) is 3. The van der Waals surface area contributed by atoms with E-state index in [1.165, 1.54) is 32.1 Å². The van der Waals surface area contributed by atoms with E-state index in [9.17, 15) is 8.42 Å². The Morgan fingerprint density at radius 2 is 1.67 bits per heavy atom. The first-order valence-electron chi connectivity index (χ1n) is 8.96. The van der Waals surface area contributed by atoms with Crippen LogP contribution in [0, 0.1) is 0 Å². The third-order valence-electron chi connectivity index (χ3n) is 5.53. The Morgan fingerprint density at radius 3 is 2.42 bits per heavy atom. The number of hydrogen-bond donors (Lipinski definition) is 1. The molecule has 6 heteroatoms. The Morgan fingerprint density at radius 1 is 0.958 bits per heavy atom. The van der Waals surface area contributed by atoms with Gasteiger partial charge in [-0.1, -0.05) is 37.5 Å². The van der Waals surface area contributed by atoms with Crippen molar-refractivity contribution in [3.8, 4) is 0 Å². The highest BCUT2D eigenvalue weighted by atomic mass is 32.2. The molecule has 0 radical (unpaired) electrons. The molecule has 2 aromatic rings. The van der Waals surface area contributed by atoms with Gasteiger partial charge >= 0.3 is 0 Å². The lowest BCUT2D eigenvalue weighted by molar-refractivity contribution is 0.111. The SMILES string of the molecule is O=S(=O)(c1c[nH]c2ccccc12)N1CCN(C2CCCCC2)CC1. The molecule has 1 saturated carbocycles. The number of nitrogens with zero attached hydrogens (tertiary/aromatic N) is 2. The summed E-state index contributed by atoms with van der Waals surface area (Å²) in [5.41, 5.74) is 0.872. The molecule has 0 spiro atoms. The molecule has 4 rings (SSSR count). The number of benzene rings is 1. The Hall–Kier alpha value is -1.37. The van der Waals surface area contributed by atoms with Crippen LogP contribution in [0.3, 0.4) is 0 Å². The lowest BCUT2D eigenvalue weighted by Gasteiger charge is -2.40. The molecule has 130 valence electrons. The minimum Gasteiger partial charge on any atom is -0.360 e. The van der Waals surface area contributed by atoms with Gasteiger partial charge in [-0.25, -0.2) is 8.42 Å². The van der Waals surface area contributed by atoms with Crippen molar-refractivity contribution in [2.24, 2.45) is 0 Å². The number of piperazine rings is 1. The second kappa shape index (κ2) is 6.50. The van der Waals surface area contributed by atoms with Crippen molar-refractivity contribution in [3.63, 3.8) is 0 Å². The van der Waals surface area contributed by atoms with Gasteiger partial charge in [-0.15, -0.1) is 0 Å². The summed E-state index contributed by atoms with van der Waals surface area (Å²) in [5.74, 6) is 0. The molecule has 1 aliphatic carbocycles. The molecule has 5 nitrogen and oxygen atoms in total. The summed E-state index contributed by atoms with van der Waals surface area (Å²) >= 11 is 0. The van der Waals surface area contributed by atoms with Crippen molar-refractivity contribution in [2.45, 2.75) is 43.0 Å². The predicted molar refractivity (Wildman–Crippen MR) is 95.5 cm³/mol. The average Bonchev–Trinajstić information content (AvgIpc) is 3.07. The first-order chi connectivity index (χ1) is 11.7. The number of para-hydroxylation sites is 1. The smallest absolute Gasteiger partial charge is 0.245 e. The summed E-state index contributed by atoms with van der Waals surface area (Å²) in [7, 11) is -3.42. The van der Waals surface area contributed by atoms with E-state index in [4.69, 9.17) is 0 Å². The van der Waals surface area contributed by atoms with Crippen molar-refractivity contribution in [2.75, 3.05) is 26.2 Å². The molecular formula is C18H25N3O2S. The van der Waals surface area contributed by atoms with Gasteiger partial charge in [-0.3, -0.25) is 4.90 Å². The molecular weight excluding hydrogens is 322 g/mol. The maximum atomic E-state index is 13.0. The highest BCUT2D eigenvalue weighted by molar-refractivity contribution is 7.89. The van der Waals surface area contributed by atoms with Gasteiger partial charge in [0.2, 0.25) is 10.0 Å². The number of aromatic amines is 1. The van der Waals surface area contributed by atoms with Crippen LogP contribution in [0.2, 0.25) is 0 Å². The Balaban J connectivity index is 1.50. The van der Waals surface area contributed by atoms with Crippen LogP contribution in [0.15, 0.2) is 35.4 Å². The lowest BCUT2D eigenvalue weighted by atomic mass is 9.94. The first-order valence-corrected chi connectivity index (χ1v) is 10.4. The fourth-order valence-electron chi connectivity index (χ4n) is 4.15. The third kappa shape index (κ3) is 2.87. The molecule has 1 aromatic carbocycles. The predicted octanol–water partition coefficient (Wildman–Crippen LogP) is 2.81. The molecule has 2 heterocycles. The number of rotatable bonds is 3. The number of H-pyrrole nitrogens is 1. The molecule has 1 N–H and O–H groups in total. The highest BCUT2D eigenvalue weighted by Crippen LogP contribution is 2.28. The van der Waals surface area contributed by atoms with Gasteiger partial charge in [-0.2, -0.15) is 4.31 Å². The minimum absolute atomic E-state index is 0.407. The second-order valence-electron chi connectivity index (χ2n) is 6.93. The van der Waals surface area contributed by atoms with Gasteiger partial charge in [0.05, 0.1) is 0 Å². The van der Waals surface area contributed by atoms with Crippen molar-refractivity contribution >= 4 is 20.9 Å². The van der Waals surface area contributed by atoms with Crippen molar-refractivity contribution < 1.29 is 8.42 Å². The van der Waals surface area contributed by atoms with Crippen LogP contribution in [0.4, 0.5) is 0 Å². The number of nitrogens with one attached hydrogen (secondary N) is 1. The molecule has 0 amide bonds. The van der Waals surface area contributed by atoms with Crippen LogP contribution in [-0.4, -0.2) is 54.8 Å². The molecule has 0 atom stereocenters. The summed E-state index contributed by atoms with van der Waals surface area (Å²) in [6.45, 7) is 2.90. The summed E-state index contributed by atoms with van der Waals surface area (Å²) in [6.07, 6.45) is 8.17. The van der Waals surface area contributed by atoms with Crippen LogP contribution in [-0.2, 0) is 10.0 Å². The van der Waals surface area contributed by atoms with Gasteiger partial charge in [0.25, 0.3) is 0 Å². The van der Waals surface area contributed by atoms with Gasteiger partial charge < -0.3 is 4.98 Å². The fraction of sp³-hybridized carbons (Fsp3) is 0.556. The molecule has 2 aliphatic rings. The van der Waals surface area contributed by atoms with E-state index < -0.39 is 10.0 Å². The van der Waals surface area contributed by atoms with Gasteiger partial charge in [-0.05, 0) is 18.9 Å². The number of aromatic nitrogens is 1. The lowest BCUT2D eigenvalue weighted by Crippen LogP contribution is -2.52. The molecule has 1 aliphatic heterocycles. The van der Waals surface area contributed by atoms with Gasteiger partial charge in [0.15, 0.2) is 0 Å². The van der Waals surface area contributed by atoms with E-state index in [1.54, 1.807) is 10.5 Å². The fourth-order valence-corrected chi connectivity index (χ4v) is 5.74. The van der Waals surface area contributed by atoms with Crippen molar-refractivity contribution in [1.82, 2.24) is 14.2 Å². The summed E-state index contributed by atoms with van der Waals surface area (Å²) < 4.78 is 27.7. The van der Waals surface area contributed by atoms with E-state index in [1.807, 2.05) is 24.3 Å². The Kier molecular flexibility index (Phi) is 4.37. The Labute approximate surface area is 143 Å². The van der Waals surface area contributed by atoms with E-state index in [2.05, 4.69) is 9.88 Å². The van der Waals surface area contributed by atoms with E-state index in [0.29, 0.717) is 24.0 Å². The molecule has 0 bridgehead atoms. The molecule has 1 saturated heterocycles. The van der Waals surface area contributed by atoms with Gasteiger partial charge in [0.1, 0.15) is 4.90 Å². The zero-order valence-electron chi connectivity index (χ0n) is 13.9. The second-order valence-corrected chi connectivity index (χ2v) is 8.84. The van der Waals surface area contributed by atoms with Crippen molar-refractivity contribution in [3.05, 3.63) is 30.5 Å². The molecule has 0 unspecified atom stereocenters. The summed E-state index contributed by atoms with van der Waals surface area (Å²) in [4.78, 5) is 5.98. The zero-order valence-corrected chi connectivity index (χ0v) is 14.8.